The van der Waals surface area contributed by atoms with Gasteiger partial charge in [0, 0.05) is 30.3 Å². The Kier molecular flexibility index (Phi) is 6.40. The molecule has 1 N–H and O–H groups in total. The molecule has 0 radical (unpaired) electrons. The van der Waals surface area contributed by atoms with Gasteiger partial charge in [-0.25, -0.2) is 8.78 Å². The number of phenols is 1. The summed E-state index contributed by atoms with van der Waals surface area (Å²) < 4.78 is 43.5. The number of nitrogens with zero attached hydrogens (tertiary/aromatic N) is 5. The molecule has 2 aliphatic heterocycles. The highest BCUT2D eigenvalue weighted by Gasteiger charge is 2.45. The fourth-order valence-electron chi connectivity index (χ4n) is 6.37. The van der Waals surface area contributed by atoms with Crippen molar-refractivity contribution in [2.45, 2.75) is 50.3 Å². The summed E-state index contributed by atoms with van der Waals surface area (Å²) in [5, 5.41) is 11.7. The molecule has 7 rings (SSSR count). The number of terminal acetylenes is 1. The minimum Gasteiger partial charge on any atom is -0.508 e. The van der Waals surface area contributed by atoms with Crippen molar-refractivity contribution in [3.8, 4) is 35.4 Å². The van der Waals surface area contributed by atoms with Crippen LogP contribution in [0.2, 0.25) is 0 Å². The van der Waals surface area contributed by atoms with E-state index in [0.29, 0.717) is 36.3 Å². The van der Waals surface area contributed by atoms with Gasteiger partial charge in [0.1, 0.15) is 35.2 Å². The molecule has 0 spiro atoms. The van der Waals surface area contributed by atoms with Gasteiger partial charge >= 0.3 is 6.01 Å². The number of anilines is 1. The monoisotopic (exact) mass is 571 g/mol. The van der Waals surface area contributed by atoms with Crippen molar-refractivity contribution < 1.29 is 23.4 Å². The fraction of sp³-hybridized carbons (Fsp3) is 0.406. The summed E-state index contributed by atoms with van der Waals surface area (Å²) in [6, 6.07) is 5.74. The van der Waals surface area contributed by atoms with Crippen molar-refractivity contribution >= 4 is 27.5 Å². The van der Waals surface area contributed by atoms with E-state index in [-0.39, 0.29) is 57.2 Å². The summed E-state index contributed by atoms with van der Waals surface area (Å²) in [6.45, 7) is 4.82. The van der Waals surface area contributed by atoms with E-state index in [1.165, 1.54) is 30.5 Å². The summed E-state index contributed by atoms with van der Waals surface area (Å²) in [4.78, 5) is 18.3. The predicted molar refractivity (Wildman–Crippen MR) is 156 cm³/mol. The first-order chi connectivity index (χ1) is 20.3. The summed E-state index contributed by atoms with van der Waals surface area (Å²) in [5.74, 6) is 1.45. The van der Waals surface area contributed by atoms with E-state index in [1.54, 1.807) is 0 Å². The lowest BCUT2D eigenvalue weighted by atomic mass is 9.96. The second-order valence-corrected chi connectivity index (χ2v) is 11.7. The lowest BCUT2D eigenvalue weighted by molar-refractivity contribution is 0.108. The number of halogens is 2. The largest absolute Gasteiger partial charge is 0.508 e. The van der Waals surface area contributed by atoms with Crippen LogP contribution in [-0.4, -0.2) is 76.0 Å². The van der Waals surface area contributed by atoms with Crippen LogP contribution in [0.25, 0.3) is 32.9 Å². The van der Waals surface area contributed by atoms with Crippen LogP contribution in [0.5, 0.6) is 11.8 Å². The number of hydrogen-bond acceptors (Lipinski definition) is 8. The van der Waals surface area contributed by atoms with E-state index < -0.39 is 11.6 Å². The maximum absolute atomic E-state index is 16.7. The molecule has 2 saturated heterocycles. The Morgan fingerprint density at radius 2 is 2.07 bits per heavy atom. The molecule has 0 unspecified atom stereocenters. The van der Waals surface area contributed by atoms with Gasteiger partial charge in [0.2, 0.25) is 0 Å². The minimum absolute atomic E-state index is 0.0300. The van der Waals surface area contributed by atoms with Gasteiger partial charge in [0.05, 0.1) is 28.6 Å². The Labute approximate surface area is 242 Å². The Hall–Kier alpha value is -4.07. The summed E-state index contributed by atoms with van der Waals surface area (Å²) in [6.07, 6.45) is 11.0. The molecule has 2 aromatic carbocycles. The molecular formula is C32H31F2N5O3. The summed E-state index contributed by atoms with van der Waals surface area (Å²) in [7, 11) is 2.07. The Morgan fingerprint density at radius 1 is 1.21 bits per heavy atom. The van der Waals surface area contributed by atoms with Crippen LogP contribution in [-0.2, 0) is 4.74 Å². The van der Waals surface area contributed by atoms with E-state index in [9.17, 15) is 9.50 Å². The number of fused-ring (bicyclic) bond motifs is 3. The normalized spacial score (nSPS) is 24.0. The third kappa shape index (κ3) is 4.39. The fourth-order valence-corrected chi connectivity index (χ4v) is 6.37. The Morgan fingerprint density at radius 3 is 2.86 bits per heavy atom. The lowest BCUT2D eigenvalue weighted by Crippen LogP contribution is -2.43. The standard InChI is InChI=1S/C32H31F2N5O3/c1-4-20-23(33)8-7-18-13-19(40)14-21(26(18)20)28-27(34)29-22(16-35-28)30(39-11-6-12-41-25-15-24(25)39)37-31(36-29)42-17-32(2)9-5-10-38(32)3/h1,7-8,13-14,16,24-25,40H,5-6,9-12,15,17H2,2-3H3/t24-,25+,32-/m1/s1. The molecule has 10 heteroatoms. The third-order valence-electron chi connectivity index (χ3n) is 8.98. The minimum atomic E-state index is -0.734. The maximum atomic E-state index is 16.7. The van der Waals surface area contributed by atoms with Crippen molar-refractivity contribution in [1.82, 2.24) is 19.9 Å². The molecule has 8 nitrogen and oxygen atoms in total. The van der Waals surface area contributed by atoms with Gasteiger partial charge in [-0.3, -0.25) is 9.88 Å². The van der Waals surface area contributed by atoms with Crippen molar-refractivity contribution in [1.29, 1.82) is 0 Å². The summed E-state index contributed by atoms with van der Waals surface area (Å²) in [5.41, 5.74) is -0.122. The second-order valence-electron chi connectivity index (χ2n) is 11.7. The van der Waals surface area contributed by atoms with Gasteiger partial charge in [-0.05, 0) is 69.8 Å². The number of hydrogen-bond donors (Lipinski definition) is 1. The number of benzene rings is 2. The van der Waals surface area contributed by atoms with Crippen LogP contribution >= 0.6 is 0 Å². The van der Waals surface area contributed by atoms with E-state index in [2.05, 4.69) is 39.7 Å². The van der Waals surface area contributed by atoms with Gasteiger partial charge in [-0.1, -0.05) is 12.0 Å². The molecule has 0 amide bonds. The molecule has 3 fully saturated rings. The average molecular weight is 572 g/mol. The van der Waals surface area contributed by atoms with Crippen molar-refractivity contribution in [3.63, 3.8) is 0 Å². The molecule has 1 aliphatic carbocycles. The van der Waals surface area contributed by atoms with Crippen molar-refractivity contribution in [2.24, 2.45) is 0 Å². The Bertz CT molecular complexity index is 1780. The first kappa shape index (κ1) is 26.8. The van der Waals surface area contributed by atoms with E-state index >= 15 is 4.39 Å². The zero-order valence-corrected chi connectivity index (χ0v) is 23.5. The van der Waals surface area contributed by atoms with Gasteiger partial charge in [0.25, 0.3) is 0 Å². The number of aromatic nitrogens is 3. The topological polar surface area (TPSA) is 83.8 Å². The molecule has 216 valence electrons. The highest BCUT2D eigenvalue weighted by atomic mass is 19.1. The molecule has 1 saturated carbocycles. The van der Waals surface area contributed by atoms with Gasteiger partial charge < -0.3 is 19.5 Å². The predicted octanol–water partition coefficient (Wildman–Crippen LogP) is 5.04. The van der Waals surface area contributed by atoms with Crippen LogP contribution in [0.1, 0.15) is 38.2 Å². The first-order valence-electron chi connectivity index (χ1n) is 14.3. The number of rotatable bonds is 5. The molecule has 2 aromatic heterocycles. The van der Waals surface area contributed by atoms with Crippen molar-refractivity contribution in [3.05, 3.63) is 47.7 Å². The van der Waals surface area contributed by atoms with E-state index in [1.807, 2.05) is 0 Å². The summed E-state index contributed by atoms with van der Waals surface area (Å²) >= 11 is 0. The highest BCUT2D eigenvalue weighted by Crippen LogP contribution is 2.42. The number of aromatic hydroxyl groups is 1. The van der Waals surface area contributed by atoms with Crippen LogP contribution in [0.3, 0.4) is 0 Å². The number of likely N-dealkylation sites (N-methyl/N-ethyl adjacent to an activating group) is 1. The second kappa shape index (κ2) is 10.0. The maximum Gasteiger partial charge on any atom is 0.319 e. The average Bonchev–Trinajstić information content (AvgIpc) is 3.70. The number of pyridine rings is 1. The molecule has 4 heterocycles. The van der Waals surface area contributed by atoms with Crippen LogP contribution in [0, 0.1) is 24.0 Å². The quantitative estimate of drug-likeness (QED) is 0.334. The lowest BCUT2D eigenvalue weighted by Gasteiger charge is -2.31. The molecule has 3 atom stereocenters. The molecule has 3 aliphatic rings. The Balaban J connectivity index is 1.41. The van der Waals surface area contributed by atoms with Gasteiger partial charge in [-0.15, -0.1) is 6.42 Å². The van der Waals surface area contributed by atoms with Crippen LogP contribution < -0.4 is 9.64 Å². The number of phenolic OH excluding ortho intramolecular Hbond substituents is 1. The van der Waals surface area contributed by atoms with Crippen LogP contribution in [0.4, 0.5) is 14.6 Å². The zero-order valence-electron chi connectivity index (χ0n) is 23.5. The van der Waals surface area contributed by atoms with E-state index in [0.717, 1.165) is 32.2 Å². The molecule has 4 aromatic rings. The smallest absolute Gasteiger partial charge is 0.319 e. The van der Waals surface area contributed by atoms with Crippen LogP contribution in [0.15, 0.2) is 30.5 Å². The zero-order chi connectivity index (χ0) is 29.2. The molecule has 0 bridgehead atoms. The molecular weight excluding hydrogens is 540 g/mol. The van der Waals surface area contributed by atoms with Gasteiger partial charge in [-0.2, -0.15) is 9.97 Å². The van der Waals surface area contributed by atoms with Crippen molar-refractivity contribution in [2.75, 3.05) is 38.3 Å². The first-order valence-corrected chi connectivity index (χ1v) is 14.3. The van der Waals surface area contributed by atoms with E-state index in [4.69, 9.17) is 20.9 Å². The van der Waals surface area contributed by atoms with Gasteiger partial charge in [0.15, 0.2) is 5.82 Å². The highest BCUT2D eigenvalue weighted by molar-refractivity contribution is 6.03. The SMILES string of the molecule is C#Cc1c(F)ccc2cc(O)cc(-c3ncc4c(N5CCCO[C@H]6C[C@H]65)nc(OC[C@@]5(C)CCCN5C)nc4c3F)c12. The number of likely N-dealkylation sites (tertiary alicyclic amines) is 1. The number of ether oxygens (including phenoxy) is 2. The third-order valence-corrected chi connectivity index (χ3v) is 8.98. The molecule has 42 heavy (non-hydrogen) atoms.